The zero-order valence-corrected chi connectivity index (χ0v) is 12.0. The summed E-state index contributed by atoms with van der Waals surface area (Å²) >= 11 is 0. The Kier molecular flexibility index (Phi) is 4.71. The number of aliphatic hydroxyl groups is 1. The zero-order valence-electron chi connectivity index (χ0n) is 11.0. The lowest BCUT2D eigenvalue weighted by atomic mass is 9.95. The van der Waals surface area contributed by atoms with Gasteiger partial charge in [-0.1, -0.05) is 37.9 Å². The Balaban J connectivity index is 2.75. The summed E-state index contributed by atoms with van der Waals surface area (Å²) in [4.78, 5) is 11.1. The van der Waals surface area contributed by atoms with Gasteiger partial charge in [0.05, 0.1) is 15.2 Å². The molecular weight excluding hydrogens is 232 g/mol. The number of esters is 1. The molecular formula is C13H22O3Si. The van der Waals surface area contributed by atoms with Crippen LogP contribution < -0.4 is 0 Å². The highest BCUT2D eigenvalue weighted by molar-refractivity contribution is 6.78. The van der Waals surface area contributed by atoms with Gasteiger partial charge >= 0.3 is 5.97 Å². The molecule has 0 aromatic heterocycles. The molecule has 0 aliphatic heterocycles. The molecule has 1 aliphatic rings. The van der Waals surface area contributed by atoms with Crippen molar-refractivity contribution in [3.05, 3.63) is 24.3 Å². The van der Waals surface area contributed by atoms with Crippen molar-refractivity contribution < 1.29 is 14.6 Å². The molecule has 0 saturated heterocycles. The fourth-order valence-corrected chi connectivity index (χ4v) is 4.70. The Morgan fingerprint density at radius 2 is 2.06 bits per heavy atom. The Bertz CT molecular complexity index is 328. The maximum Gasteiger partial charge on any atom is 0.330 e. The Morgan fingerprint density at radius 3 is 2.53 bits per heavy atom. The second kappa shape index (κ2) is 5.64. The third-order valence-corrected chi connectivity index (χ3v) is 5.98. The van der Waals surface area contributed by atoms with Crippen molar-refractivity contribution in [2.75, 3.05) is 13.7 Å². The number of aliphatic hydroxyl groups excluding tert-OH is 1. The molecule has 1 rings (SSSR count). The summed E-state index contributed by atoms with van der Waals surface area (Å²) in [5.41, 5.74) is 0.472. The molecule has 0 bridgehead atoms. The number of ether oxygens (including phenoxy) is 1. The quantitative estimate of drug-likeness (QED) is 0.362. The van der Waals surface area contributed by atoms with E-state index >= 15 is 0 Å². The molecule has 0 saturated carbocycles. The minimum absolute atomic E-state index is 0.149. The van der Waals surface area contributed by atoms with Gasteiger partial charge in [0, 0.05) is 18.6 Å². The molecule has 0 aromatic carbocycles. The fraction of sp³-hybridized carbons (Fsp3) is 0.615. The van der Waals surface area contributed by atoms with Crippen LogP contribution in [0, 0.1) is 11.8 Å². The van der Waals surface area contributed by atoms with Crippen LogP contribution in [0.15, 0.2) is 24.3 Å². The summed E-state index contributed by atoms with van der Waals surface area (Å²) in [7, 11) is 0.0552. The van der Waals surface area contributed by atoms with E-state index in [-0.39, 0.29) is 24.4 Å². The minimum Gasteiger partial charge on any atom is -0.466 e. The molecule has 0 radical (unpaired) electrons. The van der Waals surface area contributed by atoms with Crippen molar-refractivity contribution in [3.8, 4) is 0 Å². The van der Waals surface area contributed by atoms with Gasteiger partial charge < -0.3 is 9.84 Å². The fourth-order valence-electron chi connectivity index (χ4n) is 2.40. The van der Waals surface area contributed by atoms with Crippen LogP contribution in [-0.2, 0) is 9.53 Å². The van der Waals surface area contributed by atoms with Gasteiger partial charge in [0.2, 0.25) is 0 Å². The number of hydrogen-bond donors (Lipinski definition) is 1. The first-order valence-corrected chi connectivity index (χ1v) is 9.53. The highest BCUT2D eigenvalue weighted by atomic mass is 28.3. The number of hydrogen-bond acceptors (Lipinski definition) is 3. The van der Waals surface area contributed by atoms with Crippen molar-refractivity contribution in [2.45, 2.75) is 25.2 Å². The number of methoxy groups -OCH3 is 1. The maximum absolute atomic E-state index is 11.1. The van der Waals surface area contributed by atoms with E-state index in [2.05, 4.69) is 36.5 Å². The predicted octanol–water partition coefficient (Wildman–Crippen LogP) is 2.22. The minimum atomic E-state index is -1.31. The van der Waals surface area contributed by atoms with Crippen LogP contribution in [0.5, 0.6) is 0 Å². The molecule has 17 heavy (non-hydrogen) atoms. The Labute approximate surface area is 104 Å². The van der Waals surface area contributed by atoms with Gasteiger partial charge in [-0.3, -0.25) is 0 Å². The largest absolute Gasteiger partial charge is 0.466 e. The molecule has 1 aliphatic carbocycles. The van der Waals surface area contributed by atoms with Gasteiger partial charge in [0.1, 0.15) is 0 Å². The van der Waals surface area contributed by atoms with Crippen LogP contribution in [0.4, 0.5) is 0 Å². The molecule has 3 nitrogen and oxygen atoms in total. The van der Waals surface area contributed by atoms with E-state index in [0.29, 0.717) is 5.54 Å². The maximum atomic E-state index is 11.1. The Morgan fingerprint density at radius 1 is 1.41 bits per heavy atom. The molecule has 4 heteroatoms. The number of carbonyl (C=O) groups is 1. The van der Waals surface area contributed by atoms with Gasteiger partial charge in [-0.2, -0.15) is 0 Å². The van der Waals surface area contributed by atoms with Crippen LogP contribution in [0.2, 0.25) is 25.2 Å². The molecule has 1 N–H and O–H groups in total. The average Bonchev–Trinajstić information content (AvgIpc) is 2.68. The van der Waals surface area contributed by atoms with Gasteiger partial charge in [-0.25, -0.2) is 4.79 Å². The van der Waals surface area contributed by atoms with Crippen LogP contribution >= 0.6 is 0 Å². The lowest BCUT2D eigenvalue weighted by molar-refractivity contribution is -0.134. The van der Waals surface area contributed by atoms with Gasteiger partial charge in [-0.15, -0.1) is 0 Å². The molecule has 96 valence electrons. The SMILES string of the molecule is COC(=O)/C=C/[C@@H]1C=C[C@@H]([Si](C)(C)C)[C@H]1CO. The summed E-state index contributed by atoms with van der Waals surface area (Å²) in [6.45, 7) is 7.07. The van der Waals surface area contributed by atoms with Crippen LogP contribution in [0.1, 0.15) is 0 Å². The van der Waals surface area contributed by atoms with Crippen LogP contribution in [0.25, 0.3) is 0 Å². The first-order valence-electron chi connectivity index (χ1n) is 5.95. The second-order valence-electron chi connectivity index (χ2n) is 5.58. The van der Waals surface area contributed by atoms with Crippen LogP contribution in [0.3, 0.4) is 0 Å². The van der Waals surface area contributed by atoms with E-state index in [1.165, 1.54) is 13.2 Å². The number of rotatable bonds is 4. The molecule has 0 fully saturated rings. The van der Waals surface area contributed by atoms with Crippen molar-refractivity contribution in [2.24, 2.45) is 11.8 Å². The van der Waals surface area contributed by atoms with E-state index in [1.54, 1.807) is 0 Å². The molecule has 0 spiro atoms. The van der Waals surface area contributed by atoms with E-state index in [0.717, 1.165) is 0 Å². The predicted molar refractivity (Wildman–Crippen MR) is 71.5 cm³/mol. The van der Waals surface area contributed by atoms with Crippen molar-refractivity contribution in [1.29, 1.82) is 0 Å². The number of carbonyl (C=O) groups excluding carboxylic acids is 1. The summed E-state index contributed by atoms with van der Waals surface area (Å²) in [5, 5.41) is 9.52. The first-order chi connectivity index (χ1) is 7.90. The summed E-state index contributed by atoms with van der Waals surface area (Å²) in [6, 6.07) is 0. The third kappa shape index (κ3) is 3.54. The second-order valence-corrected chi connectivity index (χ2v) is 11.0. The highest BCUT2D eigenvalue weighted by Crippen LogP contribution is 2.42. The van der Waals surface area contributed by atoms with E-state index in [9.17, 15) is 9.90 Å². The molecule has 0 heterocycles. The summed E-state index contributed by atoms with van der Waals surface area (Å²) in [6.07, 6.45) is 7.59. The van der Waals surface area contributed by atoms with E-state index in [4.69, 9.17) is 0 Å². The highest BCUT2D eigenvalue weighted by Gasteiger charge is 2.37. The number of allylic oxidation sites excluding steroid dienone is 3. The van der Waals surface area contributed by atoms with Crippen molar-refractivity contribution in [1.82, 2.24) is 0 Å². The molecule has 0 amide bonds. The lowest BCUT2D eigenvalue weighted by Gasteiger charge is -2.31. The molecule has 3 atom stereocenters. The zero-order chi connectivity index (χ0) is 13.1. The molecule has 0 unspecified atom stereocenters. The molecule has 0 aromatic rings. The normalized spacial score (nSPS) is 28.9. The Hall–Kier alpha value is -0.873. The van der Waals surface area contributed by atoms with E-state index in [1.807, 2.05) is 6.08 Å². The monoisotopic (exact) mass is 254 g/mol. The smallest absolute Gasteiger partial charge is 0.330 e. The third-order valence-electron chi connectivity index (χ3n) is 3.36. The standard InChI is InChI=1S/C13H22O3Si/c1-16-13(15)8-6-10-5-7-12(11(10)9-14)17(2,3)4/h5-8,10-12,14H,9H2,1-4H3/b8-6+/t10-,11-,12+/m0/s1. The van der Waals surface area contributed by atoms with Gasteiger partial charge in [-0.05, 0) is 11.5 Å². The van der Waals surface area contributed by atoms with E-state index < -0.39 is 8.07 Å². The van der Waals surface area contributed by atoms with Gasteiger partial charge in [0.15, 0.2) is 0 Å². The lowest BCUT2D eigenvalue weighted by Crippen LogP contribution is -2.33. The van der Waals surface area contributed by atoms with Crippen LogP contribution in [-0.4, -0.2) is 32.9 Å². The summed E-state index contributed by atoms with van der Waals surface area (Å²) in [5.74, 6) is 0.0185. The van der Waals surface area contributed by atoms with Crippen molar-refractivity contribution >= 4 is 14.0 Å². The summed E-state index contributed by atoms with van der Waals surface area (Å²) < 4.78 is 4.57. The van der Waals surface area contributed by atoms with Crippen molar-refractivity contribution in [3.63, 3.8) is 0 Å². The first kappa shape index (κ1) is 14.2. The topological polar surface area (TPSA) is 46.5 Å². The van der Waals surface area contributed by atoms with Gasteiger partial charge in [0.25, 0.3) is 0 Å². The average molecular weight is 254 g/mol.